The SMILES string of the molecule is CC(=C/C(=O)[O-])/C(=C\c1ccc(Cl)cc1)C(=O)[O-]. The number of halogens is 1. The van der Waals surface area contributed by atoms with Crippen molar-refractivity contribution in [3.63, 3.8) is 0 Å². The van der Waals surface area contributed by atoms with Crippen molar-refractivity contribution in [1.82, 2.24) is 0 Å². The van der Waals surface area contributed by atoms with Crippen molar-refractivity contribution in [3.05, 3.63) is 52.1 Å². The molecule has 4 nitrogen and oxygen atoms in total. The maximum atomic E-state index is 10.9. The number of carboxylic acids is 2. The normalized spacial score (nSPS) is 12.3. The molecule has 18 heavy (non-hydrogen) atoms. The first-order valence-corrected chi connectivity index (χ1v) is 5.36. The fourth-order valence-corrected chi connectivity index (χ4v) is 1.44. The summed E-state index contributed by atoms with van der Waals surface area (Å²) in [6.45, 7) is 1.35. The summed E-state index contributed by atoms with van der Waals surface area (Å²) in [5.41, 5.74) is 0.399. The minimum atomic E-state index is -1.46. The van der Waals surface area contributed by atoms with Crippen LogP contribution in [0.15, 0.2) is 41.5 Å². The molecule has 0 saturated heterocycles. The molecule has 1 rings (SSSR count). The summed E-state index contributed by atoms with van der Waals surface area (Å²) in [6.07, 6.45) is 2.01. The number of hydrogen-bond acceptors (Lipinski definition) is 4. The maximum absolute atomic E-state index is 10.9. The molecule has 0 aliphatic heterocycles. The lowest BCUT2D eigenvalue weighted by Gasteiger charge is -2.10. The summed E-state index contributed by atoms with van der Waals surface area (Å²) < 4.78 is 0. The van der Waals surface area contributed by atoms with Gasteiger partial charge in [0.2, 0.25) is 0 Å². The van der Waals surface area contributed by atoms with Gasteiger partial charge in [-0.1, -0.05) is 23.7 Å². The van der Waals surface area contributed by atoms with Crippen molar-refractivity contribution in [2.24, 2.45) is 0 Å². The molecular weight excluding hydrogens is 256 g/mol. The molecule has 0 heterocycles. The van der Waals surface area contributed by atoms with Gasteiger partial charge in [0.25, 0.3) is 0 Å². The molecule has 0 bridgehead atoms. The first-order valence-electron chi connectivity index (χ1n) is 4.98. The Kier molecular flexibility index (Phi) is 4.68. The van der Waals surface area contributed by atoms with E-state index in [0.29, 0.717) is 16.7 Å². The van der Waals surface area contributed by atoms with Gasteiger partial charge in [0.05, 0.1) is 11.9 Å². The largest absolute Gasteiger partial charge is 0.545 e. The van der Waals surface area contributed by atoms with E-state index in [1.807, 2.05) is 0 Å². The molecular formula is C13H9ClO4-2. The summed E-state index contributed by atoms with van der Waals surface area (Å²) in [5, 5.41) is 21.8. The molecule has 0 amide bonds. The third-order valence-corrected chi connectivity index (χ3v) is 2.41. The van der Waals surface area contributed by atoms with Gasteiger partial charge < -0.3 is 19.8 Å². The Labute approximate surface area is 109 Å². The molecule has 5 heteroatoms. The van der Waals surface area contributed by atoms with Gasteiger partial charge in [-0.2, -0.15) is 0 Å². The number of carboxylic acid groups (broad SMARTS) is 2. The van der Waals surface area contributed by atoms with Crippen molar-refractivity contribution < 1.29 is 19.8 Å². The lowest BCUT2D eigenvalue weighted by atomic mass is 10.0. The molecule has 1 aromatic carbocycles. The van der Waals surface area contributed by atoms with Crippen LogP contribution in [0.1, 0.15) is 12.5 Å². The minimum absolute atomic E-state index is 0.0463. The van der Waals surface area contributed by atoms with Gasteiger partial charge in [0, 0.05) is 10.6 Å². The van der Waals surface area contributed by atoms with E-state index in [2.05, 4.69) is 0 Å². The van der Waals surface area contributed by atoms with E-state index >= 15 is 0 Å². The highest BCUT2D eigenvalue weighted by molar-refractivity contribution is 6.30. The van der Waals surface area contributed by atoms with Crippen molar-refractivity contribution in [1.29, 1.82) is 0 Å². The molecule has 0 aliphatic carbocycles. The van der Waals surface area contributed by atoms with Crippen LogP contribution in [-0.2, 0) is 9.59 Å². The summed E-state index contributed by atoms with van der Waals surface area (Å²) in [7, 11) is 0. The average molecular weight is 265 g/mol. The van der Waals surface area contributed by atoms with E-state index in [4.69, 9.17) is 11.6 Å². The number of carbonyl (C=O) groups excluding carboxylic acids is 2. The molecule has 94 valence electrons. The molecule has 0 saturated carbocycles. The van der Waals surface area contributed by atoms with E-state index in [1.54, 1.807) is 24.3 Å². The Bertz CT molecular complexity index is 526. The van der Waals surface area contributed by atoms with E-state index in [-0.39, 0.29) is 11.1 Å². The Hall–Kier alpha value is -2.07. The number of carbonyl (C=O) groups is 2. The van der Waals surface area contributed by atoms with Gasteiger partial charge >= 0.3 is 0 Å². The van der Waals surface area contributed by atoms with Crippen LogP contribution in [0.5, 0.6) is 0 Å². The zero-order valence-electron chi connectivity index (χ0n) is 9.48. The molecule has 0 N–H and O–H groups in total. The standard InChI is InChI=1S/C13H11ClO4/c1-8(6-12(15)16)11(13(17)18)7-9-2-4-10(14)5-3-9/h2-7H,1H3,(H,15,16)(H,17,18)/p-2/b8-6-,11-7+. The van der Waals surface area contributed by atoms with E-state index in [1.165, 1.54) is 13.0 Å². The van der Waals surface area contributed by atoms with Gasteiger partial charge in [0.15, 0.2) is 0 Å². The van der Waals surface area contributed by atoms with Crippen LogP contribution in [0, 0.1) is 0 Å². The molecule has 0 atom stereocenters. The molecule has 0 unspecified atom stereocenters. The maximum Gasteiger partial charge on any atom is 0.0718 e. The Morgan fingerprint density at radius 3 is 2.17 bits per heavy atom. The van der Waals surface area contributed by atoms with Crippen LogP contribution in [0.3, 0.4) is 0 Å². The van der Waals surface area contributed by atoms with Crippen molar-refractivity contribution in [2.45, 2.75) is 6.92 Å². The first-order chi connectivity index (χ1) is 8.40. The molecule has 0 spiro atoms. The molecule has 0 aliphatic rings. The van der Waals surface area contributed by atoms with Gasteiger partial charge in [-0.3, -0.25) is 0 Å². The second-order valence-electron chi connectivity index (χ2n) is 3.54. The average Bonchev–Trinajstić information content (AvgIpc) is 2.26. The summed E-state index contributed by atoms with van der Waals surface area (Å²) >= 11 is 5.70. The van der Waals surface area contributed by atoms with Gasteiger partial charge in [0.1, 0.15) is 0 Å². The first kappa shape index (κ1) is 14.0. The zero-order chi connectivity index (χ0) is 13.7. The van der Waals surface area contributed by atoms with Crippen LogP contribution in [0.25, 0.3) is 6.08 Å². The van der Waals surface area contributed by atoms with Crippen molar-refractivity contribution in [3.8, 4) is 0 Å². The highest BCUT2D eigenvalue weighted by atomic mass is 35.5. The van der Waals surface area contributed by atoms with Crippen LogP contribution in [0.2, 0.25) is 5.02 Å². The number of hydrogen-bond donors (Lipinski definition) is 0. The molecule has 1 aromatic rings. The third-order valence-electron chi connectivity index (χ3n) is 2.16. The summed E-state index contributed by atoms with van der Waals surface area (Å²) in [6, 6.07) is 6.41. The molecule has 0 aromatic heterocycles. The topological polar surface area (TPSA) is 80.3 Å². The lowest BCUT2D eigenvalue weighted by Crippen LogP contribution is -2.26. The smallest absolute Gasteiger partial charge is 0.0718 e. The van der Waals surface area contributed by atoms with E-state index in [0.717, 1.165) is 0 Å². The molecule has 0 radical (unpaired) electrons. The third kappa shape index (κ3) is 4.07. The predicted molar refractivity (Wildman–Crippen MR) is 63.2 cm³/mol. The van der Waals surface area contributed by atoms with Gasteiger partial charge in [-0.25, -0.2) is 0 Å². The fourth-order valence-electron chi connectivity index (χ4n) is 1.31. The molecule has 0 fully saturated rings. The van der Waals surface area contributed by atoms with Crippen LogP contribution in [0.4, 0.5) is 0 Å². The van der Waals surface area contributed by atoms with Crippen LogP contribution < -0.4 is 10.2 Å². The Balaban J connectivity index is 3.17. The van der Waals surface area contributed by atoms with Crippen LogP contribution >= 0.6 is 11.6 Å². The second-order valence-corrected chi connectivity index (χ2v) is 3.98. The lowest BCUT2D eigenvalue weighted by molar-refractivity contribution is -0.298. The van der Waals surface area contributed by atoms with E-state index in [9.17, 15) is 19.8 Å². The Morgan fingerprint density at radius 2 is 1.72 bits per heavy atom. The van der Waals surface area contributed by atoms with E-state index < -0.39 is 11.9 Å². The quantitative estimate of drug-likeness (QED) is 0.573. The van der Waals surface area contributed by atoms with Crippen LogP contribution in [-0.4, -0.2) is 11.9 Å². The number of aliphatic carboxylic acids is 2. The Morgan fingerprint density at radius 1 is 1.17 bits per heavy atom. The predicted octanol–water partition coefficient (Wildman–Crippen LogP) is 0.169. The fraction of sp³-hybridized carbons (Fsp3) is 0.0769. The van der Waals surface area contributed by atoms with Gasteiger partial charge in [-0.05, 0) is 42.3 Å². The summed E-state index contributed by atoms with van der Waals surface area (Å²) in [5.74, 6) is -2.92. The highest BCUT2D eigenvalue weighted by Gasteiger charge is 2.02. The van der Waals surface area contributed by atoms with Gasteiger partial charge in [-0.15, -0.1) is 0 Å². The number of rotatable bonds is 4. The van der Waals surface area contributed by atoms with Crippen molar-refractivity contribution in [2.75, 3.05) is 0 Å². The zero-order valence-corrected chi connectivity index (χ0v) is 10.2. The van der Waals surface area contributed by atoms with Crippen molar-refractivity contribution >= 4 is 29.6 Å². The minimum Gasteiger partial charge on any atom is -0.545 e. The summed E-state index contributed by atoms with van der Waals surface area (Å²) in [4.78, 5) is 21.3. The monoisotopic (exact) mass is 264 g/mol. The number of benzene rings is 1. The highest BCUT2D eigenvalue weighted by Crippen LogP contribution is 2.16. The second kappa shape index (κ2) is 6.02.